The molecule has 0 atom stereocenters. The molecule has 122 valence electrons. The molecule has 1 fully saturated rings. The second kappa shape index (κ2) is 7.54. The average Bonchev–Trinajstić information content (AvgIpc) is 2.55. The third-order valence-electron chi connectivity index (χ3n) is 4.21. The number of rotatable bonds is 5. The maximum Gasteiger partial charge on any atom is 0.272 e. The molecule has 0 aromatic carbocycles. The molecule has 0 unspecified atom stereocenters. The van der Waals surface area contributed by atoms with Crippen LogP contribution in [0, 0.1) is 6.92 Å². The summed E-state index contributed by atoms with van der Waals surface area (Å²) in [6, 6.07) is 1.79. The van der Waals surface area contributed by atoms with Crippen molar-refractivity contribution in [2.45, 2.75) is 27.7 Å². The Kier molecular flexibility index (Phi) is 5.71. The number of piperazine rings is 1. The summed E-state index contributed by atoms with van der Waals surface area (Å²) in [6.07, 6.45) is 0. The van der Waals surface area contributed by atoms with Gasteiger partial charge in [0.15, 0.2) is 0 Å². The van der Waals surface area contributed by atoms with Crippen molar-refractivity contribution in [3.8, 4) is 0 Å². The van der Waals surface area contributed by atoms with Gasteiger partial charge in [0.05, 0.1) is 0 Å². The van der Waals surface area contributed by atoms with Crippen LogP contribution in [0.25, 0.3) is 0 Å². The second-order valence-corrected chi connectivity index (χ2v) is 5.59. The lowest BCUT2D eigenvalue weighted by molar-refractivity contribution is 0.0637. The van der Waals surface area contributed by atoms with Crippen LogP contribution in [0.4, 0.5) is 5.95 Å². The topological polar surface area (TPSA) is 52.6 Å². The molecule has 1 aliphatic rings. The fourth-order valence-corrected chi connectivity index (χ4v) is 2.74. The van der Waals surface area contributed by atoms with Gasteiger partial charge in [-0.05, 0) is 33.4 Å². The van der Waals surface area contributed by atoms with Crippen LogP contribution >= 0.6 is 0 Å². The van der Waals surface area contributed by atoms with E-state index in [-0.39, 0.29) is 5.91 Å². The van der Waals surface area contributed by atoms with Crippen LogP contribution in [-0.2, 0) is 0 Å². The van der Waals surface area contributed by atoms with E-state index in [9.17, 15) is 4.79 Å². The van der Waals surface area contributed by atoms with Crippen LogP contribution in [-0.4, -0.2) is 71.5 Å². The molecule has 1 aliphatic heterocycles. The first-order chi connectivity index (χ1) is 10.6. The Morgan fingerprint density at radius 3 is 2.32 bits per heavy atom. The Morgan fingerprint density at radius 2 is 1.77 bits per heavy atom. The van der Waals surface area contributed by atoms with E-state index < -0.39 is 0 Å². The van der Waals surface area contributed by atoms with Gasteiger partial charge in [0.25, 0.3) is 5.91 Å². The Bertz CT molecular complexity index is 507. The highest BCUT2D eigenvalue weighted by molar-refractivity contribution is 5.92. The first kappa shape index (κ1) is 16.7. The fourth-order valence-electron chi connectivity index (χ4n) is 2.74. The Labute approximate surface area is 133 Å². The first-order valence-electron chi connectivity index (χ1n) is 8.21. The molecule has 1 aromatic heterocycles. The van der Waals surface area contributed by atoms with Gasteiger partial charge in [0, 0.05) is 45.0 Å². The molecule has 0 aliphatic carbocycles. The summed E-state index contributed by atoms with van der Waals surface area (Å²) in [5.41, 5.74) is 1.35. The highest BCUT2D eigenvalue weighted by atomic mass is 16.2. The minimum absolute atomic E-state index is 0.0228. The van der Waals surface area contributed by atoms with Crippen LogP contribution in [0.2, 0.25) is 0 Å². The summed E-state index contributed by atoms with van der Waals surface area (Å²) in [6.45, 7) is 14.4. The van der Waals surface area contributed by atoms with Gasteiger partial charge < -0.3 is 14.7 Å². The Hall–Kier alpha value is -1.69. The molecule has 1 saturated heterocycles. The quantitative estimate of drug-likeness (QED) is 0.823. The van der Waals surface area contributed by atoms with Gasteiger partial charge in [-0.15, -0.1) is 0 Å². The molecule has 0 saturated carbocycles. The summed E-state index contributed by atoms with van der Waals surface area (Å²) in [7, 11) is 0. The molecule has 0 spiro atoms. The van der Waals surface area contributed by atoms with Crippen molar-refractivity contribution in [2.75, 3.05) is 50.7 Å². The van der Waals surface area contributed by atoms with Crippen molar-refractivity contribution in [1.29, 1.82) is 0 Å². The Balaban J connectivity index is 2.16. The Morgan fingerprint density at radius 1 is 1.14 bits per heavy atom. The van der Waals surface area contributed by atoms with Crippen molar-refractivity contribution in [2.24, 2.45) is 0 Å². The van der Waals surface area contributed by atoms with Gasteiger partial charge in [-0.25, -0.2) is 9.97 Å². The molecule has 6 heteroatoms. The van der Waals surface area contributed by atoms with E-state index in [0.717, 1.165) is 51.5 Å². The van der Waals surface area contributed by atoms with E-state index in [2.05, 4.69) is 40.5 Å². The number of nitrogens with zero attached hydrogens (tertiary/aromatic N) is 5. The van der Waals surface area contributed by atoms with Gasteiger partial charge in [-0.2, -0.15) is 0 Å². The van der Waals surface area contributed by atoms with Gasteiger partial charge in [-0.3, -0.25) is 4.79 Å². The molecule has 2 heterocycles. The number of hydrogen-bond donors (Lipinski definition) is 0. The number of anilines is 1. The molecule has 1 aromatic rings. The highest BCUT2D eigenvalue weighted by Gasteiger charge is 2.23. The van der Waals surface area contributed by atoms with E-state index in [4.69, 9.17) is 0 Å². The number of amides is 1. The van der Waals surface area contributed by atoms with E-state index in [1.54, 1.807) is 6.07 Å². The first-order valence-corrected chi connectivity index (χ1v) is 8.21. The van der Waals surface area contributed by atoms with E-state index >= 15 is 0 Å². The molecule has 2 rings (SSSR count). The predicted molar refractivity (Wildman–Crippen MR) is 88.3 cm³/mol. The maximum atomic E-state index is 12.7. The zero-order valence-corrected chi connectivity index (χ0v) is 14.2. The second-order valence-electron chi connectivity index (χ2n) is 5.59. The molecular formula is C16H27N5O. The smallest absolute Gasteiger partial charge is 0.272 e. The third-order valence-corrected chi connectivity index (χ3v) is 4.21. The number of aromatic nitrogens is 2. The molecule has 22 heavy (non-hydrogen) atoms. The summed E-state index contributed by atoms with van der Waals surface area (Å²) in [5, 5.41) is 0. The minimum Gasteiger partial charge on any atom is -0.341 e. The molecule has 6 nitrogen and oxygen atoms in total. The van der Waals surface area contributed by atoms with Gasteiger partial charge in [0.2, 0.25) is 5.95 Å². The molecule has 0 bridgehead atoms. The molecule has 1 amide bonds. The largest absolute Gasteiger partial charge is 0.341 e. The van der Waals surface area contributed by atoms with Gasteiger partial charge >= 0.3 is 0 Å². The SMILES string of the molecule is CCN1CCN(C(=O)c2cc(C)nc(N(CC)CC)n2)CC1. The van der Waals surface area contributed by atoms with E-state index in [1.807, 2.05) is 11.8 Å². The molecule has 0 radical (unpaired) electrons. The van der Waals surface area contributed by atoms with Crippen molar-refractivity contribution in [3.05, 3.63) is 17.5 Å². The minimum atomic E-state index is 0.0228. The highest BCUT2D eigenvalue weighted by Crippen LogP contribution is 2.13. The average molecular weight is 305 g/mol. The standard InChI is InChI=1S/C16H27N5O/c1-5-19-8-10-21(11-9-19)15(22)14-12-13(4)17-16(18-14)20(6-2)7-3/h12H,5-11H2,1-4H3. The summed E-state index contributed by atoms with van der Waals surface area (Å²) < 4.78 is 0. The van der Waals surface area contributed by atoms with Crippen LogP contribution in [0.3, 0.4) is 0 Å². The van der Waals surface area contributed by atoms with E-state index in [0.29, 0.717) is 11.6 Å². The third kappa shape index (κ3) is 3.74. The monoisotopic (exact) mass is 305 g/mol. The van der Waals surface area contributed by atoms with Crippen LogP contribution < -0.4 is 4.90 Å². The zero-order chi connectivity index (χ0) is 16.1. The number of carbonyl (C=O) groups is 1. The number of hydrogen-bond acceptors (Lipinski definition) is 5. The maximum absolute atomic E-state index is 12.7. The van der Waals surface area contributed by atoms with E-state index in [1.165, 1.54) is 0 Å². The predicted octanol–water partition coefficient (Wildman–Crippen LogP) is 1.41. The van der Waals surface area contributed by atoms with Crippen LogP contribution in [0.5, 0.6) is 0 Å². The molecular weight excluding hydrogens is 278 g/mol. The van der Waals surface area contributed by atoms with Crippen molar-refractivity contribution >= 4 is 11.9 Å². The van der Waals surface area contributed by atoms with Crippen molar-refractivity contribution < 1.29 is 4.79 Å². The molecule has 0 N–H and O–H groups in total. The van der Waals surface area contributed by atoms with Crippen LogP contribution in [0.15, 0.2) is 6.07 Å². The lowest BCUT2D eigenvalue weighted by atomic mass is 10.2. The summed E-state index contributed by atoms with van der Waals surface area (Å²) >= 11 is 0. The lowest BCUT2D eigenvalue weighted by Gasteiger charge is -2.34. The summed E-state index contributed by atoms with van der Waals surface area (Å²) in [5.74, 6) is 0.676. The van der Waals surface area contributed by atoms with Gasteiger partial charge in [-0.1, -0.05) is 6.92 Å². The van der Waals surface area contributed by atoms with Crippen molar-refractivity contribution in [1.82, 2.24) is 19.8 Å². The van der Waals surface area contributed by atoms with Gasteiger partial charge in [0.1, 0.15) is 5.69 Å². The zero-order valence-electron chi connectivity index (χ0n) is 14.2. The number of likely N-dealkylation sites (N-methyl/N-ethyl adjacent to an activating group) is 1. The number of carbonyl (C=O) groups excluding carboxylic acids is 1. The fraction of sp³-hybridized carbons (Fsp3) is 0.688. The normalized spacial score (nSPS) is 15.9. The summed E-state index contributed by atoms with van der Waals surface area (Å²) in [4.78, 5) is 28.0. The van der Waals surface area contributed by atoms with Crippen LogP contribution in [0.1, 0.15) is 37.0 Å². The lowest BCUT2D eigenvalue weighted by Crippen LogP contribution is -2.48. The number of aryl methyl sites for hydroxylation is 1. The van der Waals surface area contributed by atoms with Crippen molar-refractivity contribution in [3.63, 3.8) is 0 Å².